The number of rotatable bonds is 2. The molecule has 1 heterocycles. The molecule has 0 unspecified atom stereocenters. The van der Waals surface area contributed by atoms with Crippen LogP contribution < -0.4 is 5.32 Å². The Morgan fingerprint density at radius 2 is 2.33 bits per heavy atom. The molecule has 1 N–H and O–H groups in total. The Morgan fingerprint density at radius 3 is 2.83 bits per heavy atom. The minimum absolute atomic E-state index is 0.174. The topological polar surface area (TPSA) is 54.9 Å². The summed E-state index contributed by atoms with van der Waals surface area (Å²) in [5.74, 6) is 0.218. The van der Waals surface area contributed by atoms with Crippen molar-refractivity contribution in [2.24, 2.45) is 0 Å². The lowest BCUT2D eigenvalue weighted by atomic mass is 10.5. The van der Waals surface area contributed by atoms with Gasteiger partial charge in [0.2, 0.25) is 5.91 Å². The summed E-state index contributed by atoms with van der Waals surface area (Å²) in [5, 5.41) is 10.2. The summed E-state index contributed by atoms with van der Waals surface area (Å²) < 4.78 is 0. The van der Waals surface area contributed by atoms with Crippen molar-refractivity contribution in [3.05, 3.63) is 17.3 Å². The van der Waals surface area contributed by atoms with Crippen molar-refractivity contribution in [1.82, 2.24) is 10.2 Å². The maximum atomic E-state index is 10.8. The van der Waals surface area contributed by atoms with Gasteiger partial charge >= 0.3 is 0 Å². The minimum Gasteiger partial charge on any atom is -0.308 e. The van der Waals surface area contributed by atoms with Gasteiger partial charge in [0.1, 0.15) is 0 Å². The zero-order chi connectivity index (χ0) is 8.97. The Hall–Kier alpha value is -0.680. The van der Waals surface area contributed by atoms with E-state index in [0.29, 0.717) is 11.0 Å². The van der Waals surface area contributed by atoms with Gasteiger partial charge in [-0.25, -0.2) is 0 Å². The Kier molecular flexibility index (Phi) is 3.43. The number of anilines is 1. The summed E-state index contributed by atoms with van der Waals surface area (Å²) in [6.07, 6.45) is 0. The monoisotopic (exact) mass is 249 g/mol. The summed E-state index contributed by atoms with van der Waals surface area (Å²) in [7, 11) is 0. The first kappa shape index (κ1) is 9.41. The normalized spacial score (nSPS) is 9.50. The van der Waals surface area contributed by atoms with Gasteiger partial charge in [-0.15, -0.1) is 10.2 Å². The van der Waals surface area contributed by atoms with Crippen molar-refractivity contribution >= 4 is 39.3 Å². The van der Waals surface area contributed by atoms with Gasteiger partial charge < -0.3 is 5.32 Å². The van der Waals surface area contributed by atoms with Crippen molar-refractivity contribution in [1.29, 1.82) is 0 Å². The van der Waals surface area contributed by atoms with E-state index in [1.165, 1.54) is 0 Å². The molecule has 0 spiro atoms. The molecule has 0 aliphatic carbocycles. The molecule has 0 aliphatic heterocycles. The van der Waals surface area contributed by atoms with Gasteiger partial charge in [0.25, 0.3) is 0 Å². The minimum atomic E-state index is -0.174. The van der Waals surface area contributed by atoms with Gasteiger partial charge in [-0.05, 0) is 12.1 Å². The zero-order valence-corrected chi connectivity index (χ0v) is 8.26. The van der Waals surface area contributed by atoms with Crippen molar-refractivity contribution in [3.8, 4) is 0 Å². The predicted molar refractivity (Wildman–Crippen MR) is 49.5 cm³/mol. The third kappa shape index (κ3) is 2.75. The molecule has 0 saturated carbocycles. The van der Waals surface area contributed by atoms with E-state index in [0.717, 1.165) is 0 Å². The number of carbonyl (C=O) groups is 1. The Bertz CT molecular complexity index is 277. The molecule has 1 rings (SSSR count). The number of hydrogen-bond donors (Lipinski definition) is 1. The lowest BCUT2D eigenvalue weighted by molar-refractivity contribution is -0.113. The first-order chi connectivity index (χ1) is 5.72. The molecular formula is C6H5BrClN3O. The lowest BCUT2D eigenvalue weighted by Crippen LogP contribution is -2.13. The van der Waals surface area contributed by atoms with Gasteiger partial charge in [0.15, 0.2) is 11.0 Å². The number of aromatic nitrogens is 2. The second kappa shape index (κ2) is 4.37. The van der Waals surface area contributed by atoms with Gasteiger partial charge in [-0.1, -0.05) is 27.5 Å². The molecule has 12 heavy (non-hydrogen) atoms. The van der Waals surface area contributed by atoms with E-state index in [1.54, 1.807) is 12.1 Å². The highest BCUT2D eigenvalue weighted by atomic mass is 79.9. The number of nitrogens with zero attached hydrogens (tertiary/aromatic N) is 2. The molecule has 1 aromatic heterocycles. The number of amides is 1. The Morgan fingerprint density at radius 1 is 1.58 bits per heavy atom. The molecule has 0 aromatic carbocycles. The Balaban J connectivity index is 2.64. The summed E-state index contributed by atoms with van der Waals surface area (Å²) in [6.45, 7) is 0. The summed E-state index contributed by atoms with van der Waals surface area (Å²) >= 11 is 8.49. The van der Waals surface area contributed by atoms with Crippen LogP contribution in [-0.2, 0) is 4.79 Å². The van der Waals surface area contributed by atoms with Crippen LogP contribution in [0.4, 0.5) is 5.82 Å². The molecule has 0 atom stereocenters. The summed E-state index contributed by atoms with van der Waals surface area (Å²) in [6, 6.07) is 3.13. The van der Waals surface area contributed by atoms with Crippen LogP contribution in [0.3, 0.4) is 0 Å². The summed E-state index contributed by atoms with van der Waals surface area (Å²) in [5.41, 5.74) is 0. The summed E-state index contributed by atoms with van der Waals surface area (Å²) in [4.78, 5) is 10.8. The molecule has 4 nitrogen and oxygen atoms in total. The van der Waals surface area contributed by atoms with Gasteiger partial charge in [0.05, 0.1) is 5.33 Å². The van der Waals surface area contributed by atoms with Crippen LogP contribution in [0.15, 0.2) is 12.1 Å². The number of hydrogen-bond acceptors (Lipinski definition) is 3. The second-order valence-corrected chi connectivity index (χ2v) is 2.87. The van der Waals surface area contributed by atoms with Crippen LogP contribution in [0.1, 0.15) is 0 Å². The number of nitrogens with one attached hydrogen (secondary N) is 1. The van der Waals surface area contributed by atoms with Crippen LogP contribution in [-0.4, -0.2) is 21.4 Å². The fourth-order valence-electron chi connectivity index (χ4n) is 0.559. The predicted octanol–water partition coefficient (Wildman–Crippen LogP) is 1.46. The average Bonchev–Trinajstić information content (AvgIpc) is 2.09. The zero-order valence-electron chi connectivity index (χ0n) is 5.92. The largest absolute Gasteiger partial charge is 0.308 e. The molecule has 6 heteroatoms. The Labute approximate surface area is 82.5 Å². The third-order valence-corrected chi connectivity index (χ3v) is 1.73. The number of carbonyl (C=O) groups excluding carboxylic acids is 1. The van der Waals surface area contributed by atoms with Crippen LogP contribution in [0.5, 0.6) is 0 Å². The van der Waals surface area contributed by atoms with E-state index in [2.05, 4.69) is 31.4 Å². The van der Waals surface area contributed by atoms with E-state index in [4.69, 9.17) is 11.6 Å². The number of halogens is 2. The van der Waals surface area contributed by atoms with Gasteiger partial charge in [-0.2, -0.15) is 0 Å². The highest BCUT2D eigenvalue weighted by Gasteiger charge is 2.00. The van der Waals surface area contributed by atoms with E-state index < -0.39 is 0 Å². The second-order valence-electron chi connectivity index (χ2n) is 1.92. The standard InChI is InChI=1S/C6H5BrClN3O/c7-3-6(12)9-5-2-1-4(8)10-11-5/h1-2H,3H2,(H,9,11,12). The van der Waals surface area contributed by atoms with Crippen LogP contribution in [0.2, 0.25) is 5.15 Å². The number of alkyl halides is 1. The SMILES string of the molecule is O=C(CBr)Nc1ccc(Cl)nn1. The van der Waals surface area contributed by atoms with Gasteiger partial charge in [0, 0.05) is 0 Å². The fraction of sp³-hybridized carbons (Fsp3) is 0.167. The molecule has 1 aromatic rings. The average molecular weight is 250 g/mol. The molecule has 0 fully saturated rings. The quantitative estimate of drug-likeness (QED) is 0.809. The maximum absolute atomic E-state index is 10.8. The maximum Gasteiger partial charge on any atom is 0.236 e. The van der Waals surface area contributed by atoms with E-state index in [1.807, 2.05) is 0 Å². The van der Waals surface area contributed by atoms with Gasteiger partial charge in [-0.3, -0.25) is 4.79 Å². The lowest BCUT2D eigenvalue weighted by Gasteiger charge is -1.99. The molecule has 0 aliphatic rings. The van der Waals surface area contributed by atoms with Crippen molar-refractivity contribution in [3.63, 3.8) is 0 Å². The smallest absolute Gasteiger partial charge is 0.236 e. The molecule has 64 valence electrons. The molecule has 0 saturated heterocycles. The fourth-order valence-corrected chi connectivity index (χ4v) is 0.800. The van der Waals surface area contributed by atoms with Crippen molar-refractivity contribution in [2.75, 3.05) is 10.6 Å². The van der Waals surface area contributed by atoms with E-state index in [9.17, 15) is 4.79 Å². The molecule has 1 amide bonds. The van der Waals surface area contributed by atoms with Crippen molar-refractivity contribution in [2.45, 2.75) is 0 Å². The van der Waals surface area contributed by atoms with Crippen LogP contribution >= 0.6 is 27.5 Å². The molecule has 0 bridgehead atoms. The first-order valence-corrected chi connectivity index (χ1v) is 4.57. The third-order valence-electron chi connectivity index (χ3n) is 1.02. The van der Waals surface area contributed by atoms with Crippen molar-refractivity contribution < 1.29 is 4.79 Å². The molecular weight excluding hydrogens is 245 g/mol. The van der Waals surface area contributed by atoms with Crippen LogP contribution in [0, 0.1) is 0 Å². The van der Waals surface area contributed by atoms with E-state index in [-0.39, 0.29) is 11.2 Å². The van der Waals surface area contributed by atoms with E-state index >= 15 is 0 Å². The highest BCUT2D eigenvalue weighted by molar-refractivity contribution is 9.09. The van der Waals surface area contributed by atoms with Crippen LogP contribution in [0.25, 0.3) is 0 Å². The highest BCUT2D eigenvalue weighted by Crippen LogP contribution is 2.05. The first-order valence-electron chi connectivity index (χ1n) is 3.07. The molecule has 0 radical (unpaired) electrons.